The Labute approximate surface area is 89.2 Å². The molecule has 0 bridgehead atoms. The van der Waals surface area contributed by atoms with Gasteiger partial charge in [0.1, 0.15) is 6.04 Å². The molecule has 0 aromatic heterocycles. The predicted octanol–water partition coefficient (Wildman–Crippen LogP) is -0.913. The van der Waals surface area contributed by atoms with Crippen LogP contribution in [0.3, 0.4) is 0 Å². The molecular weight excluding hydrogens is 194 g/mol. The minimum Gasteiger partial charge on any atom is -0.353 e. The van der Waals surface area contributed by atoms with Crippen molar-refractivity contribution in [2.45, 2.75) is 25.3 Å². The average molecular weight is 211 g/mol. The minimum atomic E-state index is -0.221. The van der Waals surface area contributed by atoms with Crippen LogP contribution < -0.4 is 10.6 Å². The normalized spacial score (nSPS) is 27.3. The van der Waals surface area contributed by atoms with E-state index in [9.17, 15) is 9.59 Å². The van der Waals surface area contributed by atoms with Crippen LogP contribution in [0.2, 0.25) is 0 Å². The molecule has 84 valence electrons. The zero-order valence-corrected chi connectivity index (χ0v) is 8.79. The highest BCUT2D eigenvalue weighted by Crippen LogP contribution is 2.10. The van der Waals surface area contributed by atoms with E-state index in [1.165, 1.54) is 6.42 Å². The van der Waals surface area contributed by atoms with Crippen molar-refractivity contribution in [1.82, 2.24) is 15.5 Å². The summed E-state index contributed by atoms with van der Waals surface area (Å²) in [7, 11) is 0. The molecular formula is C10H17N3O2. The van der Waals surface area contributed by atoms with E-state index in [1.807, 2.05) is 4.90 Å². The van der Waals surface area contributed by atoms with Crippen molar-refractivity contribution < 1.29 is 9.59 Å². The largest absolute Gasteiger partial charge is 0.353 e. The van der Waals surface area contributed by atoms with E-state index < -0.39 is 0 Å². The maximum Gasteiger partial charge on any atom is 0.241 e. The maximum atomic E-state index is 12.0. The lowest BCUT2D eigenvalue weighted by atomic mass is 10.1. The van der Waals surface area contributed by atoms with Crippen molar-refractivity contribution in [2.75, 3.05) is 26.2 Å². The number of hydrogen-bond acceptors (Lipinski definition) is 3. The zero-order valence-electron chi connectivity index (χ0n) is 8.79. The number of carbonyl (C=O) groups is 2. The van der Waals surface area contributed by atoms with Gasteiger partial charge in [-0.05, 0) is 19.3 Å². The van der Waals surface area contributed by atoms with Crippen molar-refractivity contribution in [1.29, 1.82) is 0 Å². The Morgan fingerprint density at radius 2 is 2.00 bits per heavy atom. The van der Waals surface area contributed by atoms with Gasteiger partial charge in [-0.1, -0.05) is 0 Å². The number of nitrogens with zero attached hydrogens (tertiary/aromatic N) is 1. The fourth-order valence-electron chi connectivity index (χ4n) is 2.08. The summed E-state index contributed by atoms with van der Waals surface area (Å²) in [6, 6.07) is -0.221. The molecule has 2 heterocycles. The lowest BCUT2D eigenvalue weighted by molar-refractivity contribution is -0.135. The molecule has 2 aliphatic heterocycles. The van der Waals surface area contributed by atoms with Crippen LogP contribution in [0.25, 0.3) is 0 Å². The second-order valence-electron chi connectivity index (χ2n) is 4.12. The molecule has 5 heteroatoms. The fourth-order valence-corrected chi connectivity index (χ4v) is 2.08. The summed E-state index contributed by atoms with van der Waals surface area (Å²) >= 11 is 0. The molecule has 2 aliphatic rings. The second-order valence-corrected chi connectivity index (χ2v) is 4.12. The highest BCUT2D eigenvalue weighted by molar-refractivity contribution is 5.86. The Kier molecular flexibility index (Phi) is 3.20. The first-order chi connectivity index (χ1) is 7.27. The van der Waals surface area contributed by atoms with Crippen molar-refractivity contribution in [3.05, 3.63) is 0 Å². The van der Waals surface area contributed by atoms with Gasteiger partial charge in [0.15, 0.2) is 0 Å². The van der Waals surface area contributed by atoms with E-state index >= 15 is 0 Å². The average Bonchev–Trinajstić information content (AvgIpc) is 2.30. The van der Waals surface area contributed by atoms with Crippen LogP contribution in [0.1, 0.15) is 19.3 Å². The Hall–Kier alpha value is -1.10. The molecule has 2 N–H and O–H groups in total. The van der Waals surface area contributed by atoms with Gasteiger partial charge in [-0.25, -0.2) is 0 Å². The third-order valence-corrected chi connectivity index (χ3v) is 2.98. The monoisotopic (exact) mass is 211 g/mol. The number of carbonyl (C=O) groups excluding carboxylic acids is 2. The van der Waals surface area contributed by atoms with Gasteiger partial charge < -0.3 is 10.2 Å². The molecule has 0 aromatic carbocycles. The van der Waals surface area contributed by atoms with Crippen LogP contribution in [0.4, 0.5) is 0 Å². The first kappa shape index (κ1) is 10.4. The SMILES string of the molecule is O=C1CNC(C(=O)N2CCCCC2)CN1. The molecule has 1 atom stereocenters. The molecule has 2 amide bonds. The van der Waals surface area contributed by atoms with Gasteiger partial charge in [0.05, 0.1) is 6.54 Å². The first-order valence-corrected chi connectivity index (χ1v) is 5.56. The fraction of sp³-hybridized carbons (Fsp3) is 0.800. The van der Waals surface area contributed by atoms with Crippen LogP contribution in [0.5, 0.6) is 0 Å². The zero-order chi connectivity index (χ0) is 10.7. The third-order valence-electron chi connectivity index (χ3n) is 2.98. The minimum absolute atomic E-state index is 0.0299. The van der Waals surface area contributed by atoms with Crippen molar-refractivity contribution in [3.63, 3.8) is 0 Å². The van der Waals surface area contributed by atoms with Crippen molar-refractivity contribution in [2.24, 2.45) is 0 Å². The standard InChI is InChI=1S/C10H17N3O2/c14-9-7-11-8(6-12-9)10(15)13-4-2-1-3-5-13/h8,11H,1-7H2,(H,12,14). The van der Waals surface area contributed by atoms with Crippen LogP contribution in [0.15, 0.2) is 0 Å². The Balaban J connectivity index is 1.86. The summed E-state index contributed by atoms with van der Waals surface area (Å²) in [6.45, 7) is 2.41. The Morgan fingerprint density at radius 3 is 2.60 bits per heavy atom. The van der Waals surface area contributed by atoms with E-state index in [0.717, 1.165) is 25.9 Å². The second kappa shape index (κ2) is 4.61. The summed E-state index contributed by atoms with van der Waals surface area (Å²) in [5.74, 6) is 0.104. The molecule has 0 radical (unpaired) electrons. The number of amides is 2. The van der Waals surface area contributed by atoms with Gasteiger partial charge in [0, 0.05) is 19.6 Å². The molecule has 2 saturated heterocycles. The lowest BCUT2D eigenvalue weighted by Gasteiger charge is -2.32. The third kappa shape index (κ3) is 2.47. The van der Waals surface area contributed by atoms with Gasteiger partial charge in [0.2, 0.25) is 11.8 Å². The van der Waals surface area contributed by atoms with E-state index in [4.69, 9.17) is 0 Å². The molecule has 2 rings (SSSR count). The van der Waals surface area contributed by atoms with Crippen LogP contribution >= 0.6 is 0 Å². The lowest BCUT2D eigenvalue weighted by Crippen LogP contribution is -2.59. The van der Waals surface area contributed by atoms with Gasteiger partial charge in [-0.2, -0.15) is 0 Å². The molecule has 0 saturated carbocycles. The number of nitrogens with one attached hydrogen (secondary N) is 2. The molecule has 15 heavy (non-hydrogen) atoms. The number of piperazine rings is 1. The number of likely N-dealkylation sites (tertiary alicyclic amines) is 1. The maximum absolute atomic E-state index is 12.0. The van der Waals surface area contributed by atoms with Crippen LogP contribution in [-0.4, -0.2) is 48.9 Å². The van der Waals surface area contributed by atoms with Gasteiger partial charge in [-0.15, -0.1) is 0 Å². The number of piperidine rings is 1. The summed E-state index contributed by atoms with van der Waals surface area (Å²) in [5.41, 5.74) is 0. The Bertz CT molecular complexity index is 251. The summed E-state index contributed by atoms with van der Waals surface area (Å²) in [5, 5.41) is 5.67. The van der Waals surface area contributed by atoms with Crippen LogP contribution in [0, 0.1) is 0 Å². The van der Waals surface area contributed by atoms with E-state index in [2.05, 4.69) is 10.6 Å². The van der Waals surface area contributed by atoms with E-state index in [0.29, 0.717) is 6.54 Å². The van der Waals surface area contributed by atoms with Crippen molar-refractivity contribution >= 4 is 11.8 Å². The Morgan fingerprint density at radius 1 is 1.27 bits per heavy atom. The summed E-state index contributed by atoms with van der Waals surface area (Å²) < 4.78 is 0. The quantitative estimate of drug-likeness (QED) is 0.590. The van der Waals surface area contributed by atoms with Gasteiger partial charge >= 0.3 is 0 Å². The van der Waals surface area contributed by atoms with E-state index in [-0.39, 0.29) is 24.4 Å². The van der Waals surface area contributed by atoms with E-state index in [1.54, 1.807) is 0 Å². The molecule has 5 nitrogen and oxygen atoms in total. The van der Waals surface area contributed by atoms with Crippen molar-refractivity contribution in [3.8, 4) is 0 Å². The summed E-state index contributed by atoms with van der Waals surface area (Å²) in [4.78, 5) is 24.8. The first-order valence-electron chi connectivity index (χ1n) is 5.56. The van der Waals surface area contributed by atoms with Gasteiger partial charge in [-0.3, -0.25) is 14.9 Å². The topological polar surface area (TPSA) is 61.4 Å². The molecule has 0 aliphatic carbocycles. The molecule has 2 fully saturated rings. The van der Waals surface area contributed by atoms with Crippen LogP contribution in [-0.2, 0) is 9.59 Å². The predicted molar refractivity (Wildman–Crippen MR) is 55.2 cm³/mol. The number of hydrogen-bond donors (Lipinski definition) is 2. The van der Waals surface area contributed by atoms with Gasteiger partial charge in [0.25, 0.3) is 0 Å². The molecule has 1 unspecified atom stereocenters. The number of rotatable bonds is 1. The molecule has 0 aromatic rings. The highest BCUT2D eigenvalue weighted by Gasteiger charge is 2.28. The molecule has 0 spiro atoms. The highest BCUT2D eigenvalue weighted by atomic mass is 16.2. The summed E-state index contributed by atoms with van der Waals surface area (Å²) in [6.07, 6.45) is 3.42. The smallest absolute Gasteiger partial charge is 0.241 e.